The van der Waals surface area contributed by atoms with Crippen LogP contribution in [-0.4, -0.2) is 65.1 Å². The molecule has 0 spiro atoms. The third-order valence-corrected chi connectivity index (χ3v) is 9.64. The smallest absolute Gasteiger partial charge is 0.264 e. The molecule has 0 aromatic heterocycles. The highest BCUT2D eigenvalue weighted by Crippen LogP contribution is 2.32. The van der Waals surface area contributed by atoms with Gasteiger partial charge in [0.05, 0.1) is 31.9 Å². The van der Waals surface area contributed by atoms with E-state index in [-0.39, 0.29) is 29.1 Å². The van der Waals surface area contributed by atoms with Crippen LogP contribution in [0.25, 0.3) is 0 Å². The minimum atomic E-state index is -4.26. The first-order chi connectivity index (χ1) is 21.2. The molecular weight excluding hydrogens is 582 g/mol. The third kappa shape index (κ3) is 7.82. The van der Waals surface area contributed by atoms with Crippen LogP contribution in [0.1, 0.15) is 44.6 Å². The largest absolute Gasteiger partial charge is 0.497 e. The summed E-state index contributed by atoms with van der Waals surface area (Å²) < 4.78 is 45.3. The fourth-order valence-electron chi connectivity index (χ4n) is 5.35. The predicted molar refractivity (Wildman–Crippen MR) is 169 cm³/mol. The Morgan fingerprint density at radius 2 is 1.57 bits per heavy atom. The second kappa shape index (κ2) is 15.0. The van der Waals surface area contributed by atoms with E-state index in [0.717, 1.165) is 42.0 Å². The molecule has 1 atom stereocenters. The molecule has 3 aromatic carbocycles. The topological polar surface area (TPSA) is 114 Å². The van der Waals surface area contributed by atoms with Crippen LogP contribution in [0.15, 0.2) is 77.7 Å². The second-order valence-electron chi connectivity index (χ2n) is 10.8. The molecular formula is C33H41N3O7S. The number of carbonyl (C=O) groups is 2. The lowest BCUT2D eigenvalue weighted by Gasteiger charge is -2.33. The highest BCUT2D eigenvalue weighted by molar-refractivity contribution is 7.92. The number of amides is 2. The number of ether oxygens (including phenoxy) is 3. The lowest BCUT2D eigenvalue weighted by molar-refractivity contribution is -0.139. The Morgan fingerprint density at radius 3 is 2.23 bits per heavy atom. The van der Waals surface area contributed by atoms with Crippen molar-refractivity contribution in [2.75, 3.05) is 32.2 Å². The van der Waals surface area contributed by atoms with Gasteiger partial charge in [0.1, 0.15) is 18.3 Å². The molecule has 1 aliphatic rings. The molecule has 1 saturated carbocycles. The summed E-state index contributed by atoms with van der Waals surface area (Å²) in [5.74, 6) is 0.405. The Morgan fingerprint density at radius 1 is 0.864 bits per heavy atom. The molecule has 2 amide bonds. The van der Waals surface area contributed by atoms with Gasteiger partial charge in [0, 0.05) is 18.7 Å². The van der Waals surface area contributed by atoms with Gasteiger partial charge in [-0.25, -0.2) is 8.42 Å². The average Bonchev–Trinajstić information content (AvgIpc) is 3.06. The lowest BCUT2D eigenvalue weighted by Crippen LogP contribution is -2.53. The van der Waals surface area contributed by atoms with E-state index in [0.29, 0.717) is 17.2 Å². The summed E-state index contributed by atoms with van der Waals surface area (Å²) in [6.07, 6.45) is 5.03. The molecule has 1 fully saturated rings. The molecule has 44 heavy (non-hydrogen) atoms. The van der Waals surface area contributed by atoms with Gasteiger partial charge in [0.2, 0.25) is 11.8 Å². The van der Waals surface area contributed by atoms with Crippen molar-refractivity contribution in [3.63, 3.8) is 0 Å². The van der Waals surface area contributed by atoms with Crippen LogP contribution in [0.3, 0.4) is 0 Å². The highest BCUT2D eigenvalue weighted by Gasteiger charge is 2.33. The second-order valence-corrected chi connectivity index (χ2v) is 12.6. The fourth-order valence-corrected chi connectivity index (χ4v) is 6.78. The van der Waals surface area contributed by atoms with Crippen LogP contribution in [-0.2, 0) is 26.2 Å². The van der Waals surface area contributed by atoms with Gasteiger partial charge in [-0.05, 0) is 61.7 Å². The Balaban J connectivity index is 1.69. The van der Waals surface area contributed by atoms with E-state index >= 15 is 0 Å². The molecule has 0 radical (unpaired) electrons. The number of hydrogen-bond acceptors (Lipinski definition) is 7. The van der Waals surface area contributed by atoms with Gasteiger partial charge < -0.3 is 24.4 Å². The summed E-state index contributed by atoms with van der Waals surface area (Å²) in [6.45, 7) is 1.21. The molecule has 0 heterocycles. The van der Waals surface area contributed by atoms with Crippen molar-refractivity contribution in [2.24, 2.45) is 0 Å². The van der Waals surface area contributed by atoms with Crippen molar-refractivity contribution < 1.29 is 32.2 Å². The number of hydrogen-bond donors (Lipinski definition) is 1. The zero-order chi connectivity index (χ0) is 31.7. The number of benzene rings is 3. The van der Waals surface area contributed by atoms with Crippen molar-refractivity contribution in [3.8, 4) is 17.2 Å². The summed E-state index contributed by atoms with van der Waals surface area (Å²) in [7, 11) is 0.173. The molecule has 0 aliphatic heterocycles. The molecule has 1 unspecified atom stereocenters. The van der Waals surface area contributed by atoms with Crippen molar-refractivity contribution in [1.29, 1.82) is 0 Å². The molecule has 4 rings (SSSR count). The number of rotatable bonds is 13. The molecule has 0 saturated heterocycles. The number of carbonyl (C=O) groups excluding carboxylic acids is 2. The van der Waals surface area contributed by atoms with Crippen LogP contribution >= 0.6 is 0 Å². The van der Waals surface area contributed by atoms with Crippen LogP contribution in [0, 0.1) is 0 Å². The number of methoxy groups -OCH3 is 3. The van der Waals surface area contributed by atoms with E-state index in [1.807, 2.05) is 6.07 Å². The molecule has 11 heteroatoms. The third-order valence-electron chi connectivity index (χ3n) is 7.87. The van der Waals surface area contributed by atoms with Crippen LogP contribution in [0.2, 0.25) is 0 Å². The van der Waals surface area contributed by atoms with E-state index < -0.39 is 28.5 Å². The van der Waals surface area contributed by atoms with Gasteiger partial charge in [0.15, 0.2) is 11.5 Å². The van der Waals surface area contributed by atoms with E-state index in [2.05, 4.69) is 5.32 Å². The highest BCUT2D eigenvalue weighted by atomic mass is 32.2. The van der Waals surface area contributed by atoms with Gasteiger partial charge in [-0.3, -0.25) is 13.9 Å². The molecule has 236 valence electrons. The molecule has 1 aliphatic carbocycles. The summed E-state index contributed by atoms with van der Waals surface area (Å²) in [4.78, 5) is 29.0. The van der Waals surface area contributed by atoms with E-state index in [1.165, 1.54) is 37.3 Å². The van der Waals surface area contributed by atoms with Crippen molar-refractivity contribution >= 4 is 27.5 Å². The predicted octanol–water partition coefficient (Wildman–Crippen LogP) is 4.77. The number of nitrogens with one attached hydrogen (secondary N) is 1. The number of sulfonamides is 1. The maximum absolute atomic E-state index is 14.2. The zero-order valence-corrected chi connectivity index (χ0v) is 26.5. The Bertz CT molecular complexity index is 1530. The maximum Gasteiger partial charge on any atom is 0.264 e. The van der Waals surface area contributed by atoms with Gasteiger partial charge in [-0.1, -0.05) is 49.6 Å². The first-order valence-corrected chi connectivity index (χ1v) is 16.1. The molecule has 10 nitrogen and oxygen atoms in total. The summed E-state index contributed by atoms with van der Waals surface area (Å²) >= 11 is 0. The van der Waals surface area contributed by atoms with Gasteiger partial charge in [-0.2, -0.15) is 0 Å². The average molecular weight is 624 g/mol. The van der Waals surface area contributed by atoms with Gasteiger partial charge in [-0.15, -0.1) is 0 Å². The van der Waals surface area contributed by atoms with Crippen LogP contribution in [0.4, 0.5) is 5.69 Å². The first kappa shape index (κ1) is 32.7. The van der Waals surface area contributed by atoms with E-state index in [9.17, 15) is 18.0 Å². The number of nitrogens with zero attached hydrogens (tertiary/aromatic N) is 2. The fraction of sp³-hybridized carbons (Fsp3) is 0.394. The van der Waals surface area contributed by atoms with Gasteiger partial charge in [0.25, 0.3) is 10.0 Å². The molecule has 0 bridgehead atoms. The number of para-hydroxylation sites is 1. The van der Waals surface area contributed by atoms with Crippen LogP contribution < -0.4 is 23.8 Å². The van der Waals surface area contributed by atoms with E-state index in [1.54, 1.807) is 62.6 Å². The summed E-state index contributed by atoms with van der Waals surface area (Å²) in [6, 6.07) is 19.1. The Hall–Kier alpha value is -4.25. The lowest BCUT2D eigenvalue weighted by atomic mass is 9.95. The summed E-state index contributed by atoms with van der Waals surface area (Å²) in [5, 5.41) is 3.11. The SMILES string of the molecule is COc1cccc(CN(C(=O)CN(c2ccccc2)S(=O)(=O)c2ccc(OC)c(OC)c2)C(C)C(=O)NC2CCCCC2)c1. The van der Waals surface area contributed by atoms with Gasteiger partial charge >= 0.3 is 0 Å². The quantitative estimate of drug-likeness (QED) is 0.292. The minimum Gasteiger partial charge on any atom is -0.497 e. The van der Waals surface area contributed by atoms with Crippen molar-refractivity contribution in [3.05, 3.63) is 78.4 Å². The van der Waals surface area contributed by atoms with Crippen molar-refractivity contribution in [1.82, 2.24) is 10.2 Å². The summed E-state index contributed by atoms with van der Waals surface area (Å²) in [5.41, 5.74) is 1.04. The van der Waals surface area contributed by atoms with E-state index in [4.69, 9.17) is 14.2 Å². The number of anilines is 1. The normalized spacial score (nSPS) is 14.3. The Kier molecular flexibility index (Phi) is 11.1. The first-order valence-electron chi connectivity index (χ1n) is 14.7. The Labute approximate surface area is 260 Å². The monoisotopic (exact) mass is 623 g/mol. The zero-order valence-electron chi connectivity index (χ0n) is 25.7. The molecule has 3 aromatic rings. The van der Waals surface area contributed by atoms with Crippen LogP contribution in [0.5, 0.6) is 17.2 Å². The standard InChI is InChI=1S/C33H41N3O7S/c1-24(33(38)34-26-13-7-5-8-14-26)35(22-25-12-11-17-28(20-25)41-2)32(37)23-36(27-15-9-6-10-16-27)44(39,40)29-18-19-30(42-3)31(21-29)43-4/h6,9-12,15-21,24,26H,5,7-8,13-14,22-23H2,1-4H3,(H,34,38). The maximum atomic E-state index is 14.2. The minimum absolute atomic E-state index is 0.0544. The molecule has 1 N–H and O–H groups in total. The van der Waals surface area contributed by atoms with Crippen molar-refractivity contribution in [2.45, 2.75) is 62.6 Å².